The second-order valence-corrected chi connectivity index (χ2v) is 6.81. The number of alkyl halides is 2. The molecule has 0 saturated carbocycles. The van der Waals surface area contributed by atoms with Gasteiger partial charge in [0, 0.05) is 6.42 Å². The molecule has 0 amide bonds. The quantitative estimate of drug-likeness (QED) is 0.550. The van der Waals surface area contributed by atoms with Crippen molar-refractivity contribution in [3.8, 4) is 11.5 Å². The number of hydrogen-bond donors (Lipinski definition) is 1. The van der Waals surface area contributed by atoms with Gasteiger partial charge in [-0.3, -0.25) is 4.79 Å². The van der Waals surface area contributed by atoms with Crippen LogP contribution in [0.4, 0.5) is 8.78 Å². The lowest BCUT2D eigenvalue weighted by atomic mass is 10.1. The zero-order valence-corrected chi connectivity index (χ0v) is 16.0. The molecular weight excluding hydrogens is 466 g/mol. The minimum absolute atomic E-state index is 0.0377. The van der Waals surface area contributed by atoms with Crippen LogP contribution >= 0.6 is 31.9 Å². The first-order valence-corrected chi connectivity index (χ1v) is 8.80. The Bertz CT molecular complexity index is 730. The normalized spacial score (nSPS) is 10.8. The van der Waals surface area contributed by atoms with E-state index in [1.165, 1.54) is 12.1 Å². The first-order valence-electron chi connectivity index (χ1n) is 7.21. The second kappa shape index (κ2) is 9.15. The Morgan fingerprint density at radius 2 is 1.80 bits per heavy atom. The van der Waals surface area contributed by atoms with Crippen LogP contribution < -0.4 is 9.47 Å². The summed E-state index contributed by atoms with van der Waals surface area (Å²) in [5, 5.41) is 8.75. The van der Waals surface area contributed by atoms with Gasteiger partial charge in [0.1, 0.15) is 18.1 Å². The Balaban J connectivity index is 2.06. The molecule has 0 aliphatic heterocycles. The van der Waals surface area contributed by atoms with Gasteiger partial charge >= 0.3 is 12.6 Å². The van der Waals surface area contributed by atoms with Gasteiger partial charge in [-0.15, -0.1) is 0 Å². The van der Waals surface area contributed by atoms with E-state index < -0.39 is 12.6 Å². The smallest absolute Gasteiger partial charge is 0.387 e. The lowest BCUT2D eigenvalue weighted by molar-refractivity contribution is -0.136. The topological polar surface area (TPSA) is 55.8 Å². The van der Waals surface area contributed by atoms with Gasteiger partial charge in [0.25, 0.3) is 0 Å². The van der Waals surface area contributed by atoms with E-state index in [1.54, 1.807) is 24.3 Å². The number of ether oxygens (including phenoxy) is 2. The first-order chi connectivity index (χ1) is 11.8. The maximum Gasteiger partial charge on any atom is 0.387 e. The van der Waals surface area contributed by atoms with Crippen molar-refractivity contribution in [1.82, 2.24) is 0 Å². The van der Waals surface area contributed by atoms with Crippen LogP contribution in [0.3, 0.4) is 0 Å². The molecule has 0 heterocycles. The molecule has 25 heavy (non-hydrogen) atoms. The summed E-state index contributed by atoms with van der Waals surface area (Å²) in [7, 11) is 0. The fourth-order valence-corrected chi connectivity index (χ4v) is 3.62. The van der Waals surface area contributed by atoms with E-state index in [0.717, 1.165) is 5.56 Å². The van der Waals surface area contributed by atoms with Crippen molar-refractivity contribution in [3.63, 3.8) is 0 Å². The molecule has 2 aromatic carbocycles. The van der Waals surface area contributed by atoms with Crippen molar-refractivity contribution in [2.45, 2.75) is 26.1 Å². The van der Waals surface area contributed by atoms with Gasteiger partial charge in [-0.05, 0) is 73.7 Å². The number of aliphatic carboxylic acids is 1. The van der Waals surface area contributed by atoms with Crippen LogP contribution in [0, 0.1) is 0 Å². The molecule has 0 atom stereocenters. The predicted molar refractivity (Wildman–Crippen MR) is 95.2 cm³/mol. The Morgan fingerprint density at radius 1 is 1.12 bits per heavy atom. The van der Waals surface area contributed by atoms with E-state index >= 15 is 0 Å². The van der Waals surface area contributed by atoms with Crippen molar-refractivity contribution in [3.05, 3.63) is 56.5 Å². The van der Waals surface area contributed by atoms with Gasteiger partial charge in [0.15, 0.2) is 0 Å². The van der Waals surface area contributed by atoms with Crippen LogP contribution in [0.5, 0.6) is 11.5 Å². The fraction of sp³-hybridized carbons (Fsp3) is 0.235. The molecule has 8 heteroatoms. The SMILES string of the molecule is O=C(O)CCc1cc(Br)c(OCc2cccc(OC(F)F)c2)c(Br)c1. The third kappa shape index (κ3) is 6.28. The summed E-state index contributed by atoms with van der Waals surface area (Å²) in [6, 6.07) is 9.85. The predicted octanol–water partition coefficient (Wildman–Crippen LogP) is 5.41. The molecule has 2 rings (SSSR count). The molecule has 134 valence electrons. The van der Waals surface area contributed by atoms with Gasteiger partial charge in [-0.2, -0.15) is 8.78 Å². The van der Waals surface area contributed by atoms with Crippen molar-refractivity contribution >= 4 is 37.8 Å². The number of rotatable bonds is 8. The second-order valence-electron chi connectivity index (χ2n) is 5.10. The molecule has 1 N–H and O–H groups in total. The van der Waals surface area contributed by atoms with E-state index in [2.05, 4.69) is 36.6 Å². The Hall–Kier alpha value is -1.67. The number of halogens is 4. The third-order valence-electron chi connectivity index (χ3n) is 3.19. The van der Waals surface area contributed by atoms with Gasteiger partial charge in [0.05, 0.1) is 8.95 Å². The molecule has 0 saturated heterocycles. The zero-order valence-electron chi connectivity index (χ0n) is 12.8. The highest BCUT2D eigenvalue weighted by Crippen LogP contribution is 2.35. The van der Waals surface area contributed by atoms with E-state index in [-0.39, 0.29) is 18.8 Å². The highest BCUT2D eigenvalue weighted by atomic mass is 79.9. The summed E-state index contributed by atoms with van der Waals surface area (Å²) in [6.45, 7) is -2.72. The van der Waals surface area contributed by atoms with Crippen LogP contribution in [0.1, 0.15) is 17.5 Å². The minimum atomic E-state index is -2.88. The summed E-state index contributed by atoms with van der Waals surface area (Å²) in [5.74, 6) is -0.254. The van der Waals surface area contributed by atoms with Crippen LogP contribution in [0.25, 0.3) is 0 Å². The lowest BCUT2D eigenvalue weighted by Gasteiger charge is -2.13. The molecule has 0 fully saturated rings. The molecule has 4 nitrogen and oxygen atoms in total. The molecule has 0 aromatic heterocycles. The van der Waals surface area contributed by atoms with Gasteiger partial charge in [0.2, 0.25) is 0 Å². The highest BCUT2D eigenvalue weighted by molar-refractivity contribution is 9.11. The van der Waals surface area contributed by atoms with E-state index in [4.69, 9.17) is 9.84 Å². The van der Waals surface area contributed by atoms with Gasteiger partial charge in [-0.25, -0.2) is 0 Å². The maximum absolute atomic E-state index is 12.3. The summed E-state index contributed by atoms with van der Waals surface area (Å²) in [6.07, 6.45) is 0.440. The Kier molecular flexibility index (Phi) is 7.19. The summed E-state index contributed by atoms with van der Waals surface area (Å²) >= 11 is 6.80. The van der Waals surface area contributed by atoms with Crippen molar-refractivity contribution < 1.29 is 28.2 Å². The molecule has 0 spiro atoms. The Morgan fingerprint density at radius 3 is 2.40 bits per heavy atom. The number of carbonyl (C=O) groups is 1. The van der Waals surface area contributed by atoms with E-state index in [0.29, 0.717) is 26.7 Å². The van der Waals surface area contributed by atoms with Crippen LogP contribution in [-0.4, -0.2) is 17.7 Å². The van der Waals surface area contributed by atoms with E-state index in [1.807, 2.05) is 0 Å². The summed E-state index contributed by atoms with van der Waals surface area (Å²) in [5.41, 5.74) is 1.52. The van der Waals surface area contributed by atoms with Gasteiger partial charge in [-0.1, -0.05) is 12.1 Å². The van der Waals surface area contributed by atoms with Crippen LogP contribution in [-0.2, 0) is 17.8 Å². The third-order valence-corrected chi connectivity index (χ3v) is 4.37. The molecule has 0 unspecified atom stereocenters. The molecule has 0 aliphatic carbocycles. The van der Waals surface area contributed by atoms with Crippen molar-refractivity contribution in [2.75, 3.05) is 0 Å². The number of carboxylic acid groups (broad SMARTS) is 1. The average Bonchev–Trinajstić information content (AvgIpc) is 2.52. The maximum atomic E-state index is 12.3. The molecule has 0 radical (unpaired) electrons. The highest BCUT2D eigenvalue weighted by Gasteiger charge is 2.11. The standard InChI is InChI=1S/C17H14Br2F2O4/c18-13-7-10(4-5-15(22)23)8-14(19)16(13)24-9-11-2-1-3-12(6-11)25-17(20)21/h1-3,6-8,17H,4-5,9H2,(H,22,23). The summed E-state index contributed by atoms with van der Waals surface area (Å²) < 4.78 is 36.0. The zero-order chi connectivity index (χ0) is 18.4. The van der Waals surface area contributed by atoms with Crippen molar-refractivity contribution in [2.24, 2.45) is 0 Å². The number of carboxylic acids is 1. The lowest BCUT2D eigenvalue weighted by Crippen LogP contribution is -2.03. The van der Waals surface area contributed by atoms with Crippen molar-refractivity contribution in [1.29, 1.82) is 0 Å². The largest absolute Gasteiger partial charge is 0.487 e. The summed E-state index contributed by atoms with van der Waals surface area (Å²) in [4.78, 5) is 10.7. The van der Waals surface area contributed by atoms with Gasteiger partial charge < -0.3 is 14.6 Å². The first kappa shape index (κ1) is 19.7. The van der Waals surface area contributed by atoms with Crippen LogP contribution in [0.2, 0.25) is 0 Å². The number of benzene rings is 2. The molecule has 0 aliphatic rings. The van der Waals surface area contributed by atoms with Crippen LogP contribution in [0.15, 0.2) is 45.3 Å². The Labute approximate surface area is 160 Å². The molecule has 0 bridgehead atoms. The monoisotopic (exact) mass is 478 g/mol. The average molecular weight is 480 g/mol. The molecule has 2 aromatic rings. The minimum Gasteiger partial charge on any atom is -0.487 e. The number of aryl methyl sites for hydroxylation is 1. The molecular formula is C17H14Br2F2O4. The van der Waals surface area contributed by atoms with E-state index in [9.17, 15) is 13.6 Å². The fourth-order valence-electron chi connectivity index (χ4n) is 2.11. The number of hydrogen-bond acceptors (Lipinski definition) is 3.